The topological polar surface area (TPSA) is 94.3 Å². The van der Waals surface area contributed by atoms with Gasteiger partial charge in [-0.25, -0.2) is 9.59 Å². The number of aromatic nitrogens is 4. The lowest BCUT2D eigenvalue weighted by atomic mass is 10.00. The maximum absolute atomic E-state index is 13.1. The zero-order chi connectivity index (χ0) is 30.5. The first kappa shape index (κ1) is 29.3. The fraction of sp³-hybridized carbons (Fsp3) is 0.433. The van der Waals surface area contributed by atoms with Crippen LogP contribution in [0.15, 0.2) is 47.3 Å². The molecule has 0 atom stereocenters. The molecule has 2 aromatic heterocycles. The molecule has 4 heterocycles. The Bertz CT molecular complexity index is 1720. The molecule has 0 bridgehead atoms. The van der Waals surface area contributed by atoms with Crippen LogP contribution in [0.1, 0.15) is 42.1 Å². The van der Waals surface area contributed by atoms with Crippen molar-refractivity contribution in [2.45, 2.75) is 51.0 Å². The number of aryl methyl sites for hydroxylation is 2. The van der Waals surface area contributed by atoms with E-state index in [1.807, 2.05) is 21.4 Å². The lowest BCUT2D eigenvalue weighted by Crippen LogP contribution is -2.40. The van der Waals surface area contributed by atoms with Crippen LogP contribution < -0.4 is 11.4 Å². The van der Waals surface area contributed by atoms with Crippen LogP contribution in [0, 0.1) is 0 Å². The second kappa shape index (κ2) is 11.4. The Labute approximate surface area is 251 Å². The van der Waals surface area contributed by atoms with E-state index in [1.54, 1.807) is 17.7 Å². The van der Waals surface area contributed by atoms with E-state index in [9.17, 15) is 22.8 Å². The van der Waals surface area contributed by atoms with Gasteiger partial charge in [-0.3, -0.25) is 13.8 Å². The van der Waals surface area contributed by atoms with Gasteiger partial charge in [-0.15, -0.1) is 0 Å². The number of alkyl halides is 3. The second-order valence-corrected chi connectivity index (χ2v) is 11.8. The smallest absolute Gasteiger partial charge is 0.351 e. The molecule has 13 heteroatoms. The highest BCUT2D eigenvalue weighted by molar-refractivity contribution is 6.31. The summed E-state index contributed by atoms with van der Waals surface area (Å²) in [4.78, 5) is 28.8. The number of primary amides is 1. The van der Waals surface area contributed by atoms with Crippen LogP contribution >= 0.6 is 11.6 Å². The molecule has 1 fully saturated rings. The number of carbonyl (C=O) groups is 1. The molecule has 2 amide bonds. The zero-order valence-electron chi connectivity index (χ0n) is 23.8. The molecule has 2 N–H and O–H groups in total. The minimum Gasteiger partial charge on any atom is -0.351 e. The molecule has 2 aromatic carbocycles. The number of carbonyl (C=O) groups excluding carboxylic acids is 1. The van der Waals surface area contributed by atoms with E-state index in [0.717, 1.165) is 73.3 Å². The van der Waals surface area contributed by atoms with E-state index < -0.39 is 17.8 Å². The standard InChI is InChI=1S/C30H33ClF3N7O2/c1-37-25-8-7-21(31)17-26(25)41(29(37)43)22-9-14-38(15-10-22)12-2-13-40-24-11-16-39(28(35)42)18-23(24)27(36-40)19-3-5-20(6-4-19)30(32,33)34/h3-8,17,22H,2,9-16,18H2,1H3,(H2,35,42). The summed E-state index contributed by atoms with van der Waals surface area (Å²) in [7, 11) is 1.78. The summed E-state index contributed by atoms with van der Waals surface area (Å²) in [5.74, 6) is 0. The van der Waals surface area contributed by atoms with Gasteiger partial charge in [-0.2, -0.15) is 18.3 Å². The SMILES string of the molecule is Cn1c(=O)n(C2CCN(CCCn3nc(-c4ccc(C(F)(F)F)cc4)c4c3CCN(C(N)=O)C4)CC2)c2cc(Cl)ccc21. The zero-order valence-corrected chi connectivity index (χ0v) is 24.5. The van der Waals surface area contributed by atoms with Crippen LogP contribution in [-0.4, -0.2) is 60.9 Å². The Balaban J connectivity index is 1.13. The maximum Gasteiger partial charge on any atom is 0.416 e. The van der Waals surface area contributed by atoms with Gasteiger partial charge in [-0.1, -0.05) is 23.7 Å². The van der Waals surface area contributed by atoms with Crippen molar-refractivity contribution < 1.29 is 18.0 Å². The number of benzene rings is 2. The molecule has 2 aliphatic rings. The molecule has 0 saturated carbocycles. The van der Waals surface area contributed by atoms with Gasteiger partial charge < -0.3 is 15.5 Å². The molecule has 0 unspecified atom stereocenters. The van der Waals surface area contributed by atoms with E-state index in [4.69, 9.17) is 22.4 Å². The van der Waals surface area contributed by atoms with Crippen LogP contribution in [0.3, 0.4) is 0 Å². The fourth-order valence-corrected chi connectivity index (χ4v) is 6.62. The van der Waals surface area contributed by atoms with Crippen molar-refractivity contribution in [1.82, 2.24) is 28.7 Å². The van der Waals surface area contributed by atoms with Crippen molar-refractivity contribution in [2.24, 2.45) is 12.8 Å². The number of rotatable bonds is 6. The van der Waals surface area contributed by atoms with Crippen molar-refractivity contribution in [3.8, 4) is 11.3 Å². The number of halogens is 4. The van der Waals surface area contributed by atoms with Crippen LogP contribution in [0.5, 0.6) is 0 Å². The minimum atomic E-state index is -4.42. The van der Waals surface area contributed by atoms with Crippen LogP contribution in [0.4, 0.5) is 18.0 Å². The lowest BCUT2D eigenvalue weighted by Gasteiger charge is -2.32. The van der Waals surface area contributed by atoms with Gasteiger partial charge in [-0.05, 0) is 56.1 Å². The molecule has 9 nitrogen and oxygen atoms in total. The quantitative estimate of drug-likeness (QED) is 0.329. The van der Waals surface area contributed by atoms with Gasteiger partial charge in [0.15, 0.2) is 0 Å². The van der Waals surface area contributed by atoms with Crippen molar-refractivity contribution in [3.05, 3.63) is 74.8 Å². The molecule has 43 heavy (non-hydrogen) atoms. The van der Waals surface area contributed by atoms with Crippen molar-refractivity contribution in [3.63, 3.8) is 0 Å². The summed E-state index contributed by atoms with van der Waals surface area (Å²) >= 11 is 6.24. The summed E-state index contributed by atoms with van der Waals surface area (Å²) < 4.78 is 44.9. The predicted octanol–water partition coefficient (Wildman–Crippen LogP) is 5.04. The average Bonchev–Trinajstić information content (AvgIpc) is 3.46. The van der Waals surface area contributed by atoms with Crippen molar-refractivity contribution >= 4 is 28.7 Å². The number of hydrogen-bond acceptors (Lipinski definition) is 4. The molecule has 228 valence electrons. The maximum atomic E-state index is 13.1. The highest BCUT2D eigenvalue weighted by Crippen LogP contribution is 2.34. The number of nitrogens with two attached hydrogens (primary N) is 1. The van der Waals surface area contributed by atoms with Crippen molar-refractivity contribution in [2.75, 3.05) is 26.2 Å². The Morgan fingerprint density at radius 1 is 1.05 bits per heavy atom. The minimum absolute atomic E-state index is 0.0297. The number of hydrogen-bond donors (Lipinski definition) is 1. The van der Waals surface area contributed by atoms with Gasteiger partial charge in [0.05, 0.1) is 28.8 Å². The van der Waals surface area contributed by atoms with Gasteiger partial charge >= 0.3 is 17.9 Å². The van der Waals surface area contributed by atoms with E-state index >= 15 is 0 Å². The summed E-state index contributed by atoms with van der Waals surface area (Å²) in [6, 6.07) is 10.1. The Morgan fingerprint density at radius 3 is 2.44 bits per heavy atom. The lowest BCUT2D eigenvalue weighted by molar-refractivity contribution is -0.137. The predicted molar refractivity (Wildman–Crippen MR) is 158 cm³/mol. The highest BCUT2D eigenvalue weighted by Gasteiger charge is 2.31. The van der Waals surface area contributed by atoms with Gasteiger partial charge in [0.2, 0.25) is 0 Å². The Kier molecular flexibility index (Phi) is 7.76. The molecule has 6 rings (SSSR count). The number of imidazole rings is 1. The number of fused-ring (bicyclic) bond motifs is 2. The normalized spacial score (nSPS) is 16.6. The first-order chi connectivity index (χ1) is 20.5. The fourth-order valence-electron chi connectivity index (χ4n) is 6.45. The molecule has 1 saturated heterocycles. The van der Waals surface area contributed by atoms with E-state index in [-0.39, 0.29) is 18.3 Å². The molecule has 0 spiro atoms. The highest BCUT2D eigenvalue weighted by atomic mass is 35.5. The average molecular weight is 616 g/mol. The molecule has 0 aliphatic carbocycles. The van der Waals surface area contributed by atoms with Crippen LogP contribution in [0.2, 0.25) is 5.02 Å². The summed E-state index contributed by atoms with van der Waals surface area (Å²) in [5, 5.41) is 5.42. The summed E-state index contributed by atoms with van der Waals surface area (Å²) in [6.45, 7) is 3.94. The first-order valence-electron chi connectivity index (χ1n) is 14.4. The van der Waals surface area contributed by atoms with E-state index in [0.29, 0.717) is 35.8 Å². The molecule has 4 aromatic rings. The number of likely N-dealkylation sites (tertiary alicyclic amines) is 1. The Morgan fingerprint density at radius 2 is 1.77 bits per heavy atom. The third kappa shape index (κ3) is 5.65. The molecular weight excluding hydrogens is 583 g/mol. The third-order valence-corrected chi connectivity index (χ3v) is 8.98. The molecular formula is C30H33ClF3N7O2. The monoisotopic (exact) mass is 615 g/mol. The molecule has 0 radical (unpaired) electrons. The van der Waals surface area contributed by atoms with Crippen LogP contribution in [0.25, 0.3) is 22.3 Å². The third-order valence-electron chi connectivity index (χ3n) is 8.75. The first-order valence-corrected chi connectivity index (χ1v) is 14.8. The number of amides is 2. The number of piperidine rings is 1. The Hall–Kier alpha value is -3.77. The van der Waals surface area contributed by atoms with Crippen molar-refractivity contribution in [1.29, 1.82) is 0 Å². The summed E-state index contributed by atoms with van der Waals surface area (Å²) in [6.07, 6.45) is -1.32. The number of nitrogens with zero attached hydrogens (tertiary/aromatic N) is 6. The second-order valence-electron chi connectivity index (χ2n) is 11.4. The van der Waals surface area contributed by atoms with Gasteiger partial charge in [0, 0.05) is 67.5 Å². The van der Waals surface area contributed by atoms with Gasteiger partial charge in [0.1, 0.15) is 0 Å². The number of urea groups is 1. The van der Waals surface area contributed by atoms with E-state index in [2.05, 4.69) is 4.90 Å². The van der Waals surface area contributed by atoms with Crippen LogP contribution in [-0.2, 0) is 32.7 Å². The summed E-state index contributed by atoms with van der Waals surface area (Å²) in [5.41, 5.74) is 9.49. The molecule has 2 aliphatic heterocycles. The van der Waals surface area contributed by atoms with E-state index in [1.165, 1.54) is 17.0 Å². The van der Waals surface area contributed by atoms with Gasteiger partial charge in [0.25, 0.3) is 0 Å². The largest absolute Gasteiger partial charge is 0.416 e.